The standard InChI is InChI=1S/C10H11NO2/c1-6-4-10(12)13-9-5-7(11)2-3-8(6)9/h2-5,8-9H,11H2,1H3. The van der Waals surface area contributed by atoms with Crippen molar-refractivity contribution < 1.29 is 9.53 Å². The summed E-state index contributed by atoms with van der Waals surface area (Å²) in [5.74, 6) is -0.108. The van der Waals surface area contributed by atoms with Gasteiger partial charge in [0.2, 0.25) is 0 Å². The van der Waals surface area contributed by atoms with Gasteiger partial charge in [-0.25, -0.2) is 4.79 Å². The number of carbonyl (C=O) groups is 1. The number of carbonyl (C=O) groups excluding carboxylic acids is 1. The maximum Gasteiger partial charge on any atom is 0.331 e. The van der Waals surface area contributed by atoms with Crippen LogP contribution in [0.1, 0.15) is 6.92 Å². The van der Waals surface area contributed by atoms with Crippen molar-refractivity contribution in [3.8, 4) is 0 Å². The molecule has 0 saturated carbocycles. The lowest BCUT2D eigenvalue weighted by molar-refractivity contribution is -0.143. The molecule has 0 saturated heterocycles. The number of hydrogen-bond acceptors (Lipinski definition) is 3. The Morgan fingerprint density at radius 2 is 2.31 bits per heavy atom. The quantitative estimate of drug-likeness (QED) is 0.559. The first kappa shape index (κ1) is 8.10. The second-order valence-electron chi connectivity index (χ2n) is 3.34. The number of rotatable bonds is 0. The van der Waals surface area contributed by atoms with E-state index in [4.69, 9.17) is 10.5 Å². The molecule has 68 valence electrons. The third-order valence-corrected chi connectivity index (χ3v) is 2.33. The molecule has 0 aromatic rings. The molecule has 0 fully saturated rings. The van der Waals surface area contributed by atoms with E-state index in [1.54, 1.807) is 6.08 Å². The van der Waals surface area contributed by atoms with Crippen LogP contribution in [0, 0.1) is 5.92 Å². The van der Waals surface area contributed by atoms with E-state index in [2.05, 4.69) is 0 Å². The Bertz CT molecular complexity index is 339. The van der Waals surface area contributed by atoms with Crippen LogP contribution in [-0.2, 0) is 9.53 Å². The van der Waals surface area contributed by atoms with Crippen LogP contribution in [0.3, 0.4) is 0 Å². The van der Waals surface area contributed by atoms with Crippen molar-refractivity contribution in [2.75, 3.05) is 0 Å². The van der Waals surface area contributed by atoms with E-state index in [1.165, 1.54) is 6.08 Å². The summed E-state index contributed by atoms with van der Waals surface area (Å²) in [4.78, 5) is 11.0. The largest absolute Gasteiger partial charge is 0.454 e. The molecular weight excluding hydrogens is 166 g/mol. The second-order valence-corrected chi connectivity index (χ2v) is 3.34. The molecule has 0 bridgehead atoms. The van der Waals surface area contributed by atoms with Gasteiger partial charge in [0.05, 0.1) is 0 Å². The molecule has 0 aromatic heterocycles. The average Bonchev–Trinajstić information content (AvgIpc) is 2.02. The number of ether oxygens (including phenoxy) is 1. The second kappa shape index (κ2) is 2.76. The molecule has 3 heteroatoms. The van der Waals surface area contributed by atoms with Gasteiger partial charge in [-0.1, -0.05) is 11.6 Å². The number of allylic oxidation sites excluding steroid dienone is 1. The van der Waals surface area contributed by atoms with Crippen molar-refractivity contribution in [2.24, 2.45) is 11.7 Å². The first-order valence-electron chi connectivity index (χ1n) is 4.21. The maximum absolute atomic E-state index is 11.0. The van der Waals surface area contributed by atoms with E-state index in [-0.39, 0.29) is 18.0 Å². The predicted molar refractivity (Wildman–Crippen MR) is 48.5 cm³/mol. The zero-order valence-corrected chi connectivity index (χ0v) is 7.36. The van der Waals surface area contributed by atoms with E-state index in [0.717, 1.165) is 5.57 Å². The maximum atomic E-state index is 11.0. The van der Waals surface area contributed by atoms with Crippen molar-refractivity contribution in [3.63, 3.8) is 0 Å². The monoisotopic (exact) mass is 177 g/mol. The van der Waals surface area contributed by atoms with Crippen LogP contribution in [0.4, 0.5) is 0 Å². The van der Waals surface area contributed by atoms with Gasteiger partial charge in [-0.15, -0.1) is 0 Å². The van der Waals surface area contributed by atoms with Crippen molar-refractivity contribution in [1.82, 2.24) is 0 Å². The molecule has 2 unspecified atom stereocenters. The van der Waals surface area contributed by atoms with Gasteiger partial charge in [0, 0.05) is 17.7 Å². The Labute approximate surface area is 76.6 Å². The van der Waals surface area contributed by atoms with Crippen LogP contribution < -0.4 is 5.73 Å². The molecule has 1 heterocycles. The van der Waals surface area contributed by atoms with E-state index < -0.39 is 0 Å². The van der Waals surface area contributed by atoms with Crippen LogP contribution in [-0.4, -0.2) is 12.1 Å². The van der Waals surface area contributed by atoms with Gasteiger partial charge in [-0.3, -0.25) is 0 Å². The Morgan fingerprint density at radius 1 is 1.54 bits per heavy atom. The number of esters is 1. The Kier molecular flexibility index (Phi) is 1.72. The number of fused-ring (bicyclic) bond motifs is 1. The van der Waals surface area contributed by atoms with Gasteiger partial charge in [0.15, 0.2) is 0 Å². The van der Waals surface area contributed by atoms with E-state index in [0.29, 0.717) is 5.70 Å². The summed E-state index contributed by atoms with van der Waals surface area (Å²) < 4.78 is 5.11. The molecule has 1 aliphatic carbocycles. The number of hydrogen-bond donors (Lipinski definition) is 1. The smallest absolute Gasteiger partial charge is 0.331 e. The third kappa shape index (κ3) is 1.37. The van der Waals surface area contributed by atoms with Gasteiger partial charge >= 0.3 is 5.97 Å². The van der Waals surface area contributed by atoms with Crippen LogP contribution in [0.15, 0.2) is 35.6 Å². The molecule has 3 nitrogen and oxygen atoms in total. The summed E-state index contributed by atoms with van der Waals surface area (Å²) in [5.41, 5.74) is 7.28. The highest BCUT2D eigenvalue weighted by Gasteiger charge is 2.28. The molecule has 2 rings (SSSR count). The zero-order chi connectivity index (χ0) is 9.42. The molecule has 0 radical (unpaired) electrons. The fourth-order valence-corrected chi connectivity index (χ4v) is 1.64. The minimum absolute atomic E-state index is 0.171. The summed E-state index contributed by atoms with van der Waals surface area (Å²) in [6, 6.07) is 0. The van der Waals surface area contributed by atoms with Crippen LogP contribution >= 0.6 is 0 Å². The molecule has 2 atom stereocenters. The first-order chi connectivity index (χ1) is 6.16. The highest BCUT2D eigenvalue weighted by Crippen LogP contribution is 2.28. The van der Waals surface area contributed by atoms with Crippen molar-refractivity contribution in [3.05, 3.63) is 35.6 Å². The van der Waals surface area contributed by atoms with Crippen LogP contribution in [0.2, 0.25) is 0 Å². The highest BCUT2D eigenvalue weighted by molar-refractivity contribution is 5.84. The summed E-state index contributed by atoms with van der Waals surface area (Å²) in [5, 5.41) is 0. The van der Waals surface area contributed by atoms with E-state index in [9.17, 15) is 4.79 Å². The minimum atomic E-state index is -0.280. The number of nitrogens with two attached hydrogens (primary N) is 1. The molecule has 1 aliphatic heterocycles. The summed E-state index contributed by atoms with van der Waals surface area (Å²) >= 11 is 0. The Hall–Kier alpha value is -1.51. The van der Waals surface area contributed by atoms with Crippen molar-refractivity contribution >= 4 is 5.97 Å². The topological polar surface area (TPSA) is 52.3 Å². The van der Waals surface area contributed by atoms with Gasteiger partial charge in [-0.2, -0.15) is 0 Å². The first-order valence-corrected chi connectivity index (χ1v) is 4.21. The van der Waals surface area contributed by atoms with Gasteiger partial charge in [0.1, 0.15) is 6.10 Å². The Morgan fingerprint density at radius 3 is 3.08 bits per heavy atom. The molecule has 13 heavy (non-hydrogen) atoms. The zero-order valence-electron chi connectivity index (χ0n) is 7.36. The molecule has 2 N–H and O–H groups in total. The van der Waals surface area contributed by atoms with Crippen LogP contribution in [0.5, 0.6) is 0 Å². The summed E-state index contributed by atoms with van der Waals surface area (Å²) in [6.45, 7) is 1.93. The third-order valence-electron chi connectivity index (χ3n) is 2.33. The van der Waals surface area contributed by atoms with Crippen molar-refractivity contribution in [1.29, 1.82) is 0 Å². The highest BCUT2D eigenvalue weighted by atomic mass is 16.5. The van der Waals surface area contributed by atoms with Gasteiger partial charge in [-0.05, 0) is 19.1 Å². The predicted octanol–water partition coefficient (Wildman–Crippen LogP) is 0.887. The average molecular weight is 177 g/mol. The fraction of sp³-hybridized carbons (Fsp3) is 0.300. The van der Waals surface area contributed by atoms with E-state index in [1.807, 2.05) is 19.1 Å². The lowest BCUT2D eigenvalue weighted by atomic mass is 9.88. The van der Waals surface area contributed by atoms with Crippen LogP contribution in [0.25, 0.3) is 0 Å². The molecular formula is C10H11NO2. The minimum Gasteiger partial charge on any atom is -0.454 e. The summed E-state index contributed by atoms with van der Waals surface area (Å²) in [7, 11) is 0. The van der Waals surface area contributed by atoms with Crippen molar-refractivity contribution in [2.45, 2.75) is 13.0 Å². The fourth-order valence-electron chi connectivity index (χ4n) is 1.64. The normalized spacial score (nSPS) is 31.6. The molecule has 2 aliphatic rings. The summed E-state index contributed by atoms with van der Waals surface area (Å²) in [6.07, 6.45) is 6.91. The lowest BCUT2D eigenvalue weighted by Gasteiger charge is -2.28. The Balaban J connectivity index is 2.34. The van der Waals surface area contributed by atoms with E-state index >= 15 is 0 Å². The SMILES string of the molecule is CC1=CC(=O)OC2C=C(N)C=CC12. The molecule has 0 aromatic carbocycles. The van der Waals surface area contributed by atoms with Gasteiger partial charge < -0.3 is 10.5 Å². The molecule has 0 spiro atoms. The van der Waals surface area contributed by atoms with Gasteiger partial charge in [0.25, 0.3) is 0 Å². The lowest BCUT2D eigenvalue weighted by Crippen LogP contribution is -2.31. The molecule has 0 amide bonds.